The van der Waals surface area contributed by atoms with Crippen molar-refractivity contribution < 1.29 is 0 Å². The van der Waals surface area contributed by atoms with Crippen LogP contribution in [0.3, 0.4) is 0 Å². The topological polar surface area (TPSA) is 31.1 Å². The third kappa shape index (κ3) is 3.64. The first-order valence-corrected chi connectivity index (χ1v) is 5.83. The molecular formula is C14H19N3. The Kier molecular flexibility index (Phi) is 3.83. The van der Waals surface area contributed by atoms with Crippen molar-refractivity contribution in [2.75, 3.05) is 19.4 Å². The van der Waals surface area contributed by atoms with Crippen molar-refractivity contribution in [3.8, 4) is 0 Å². The zero-order chi connectivity index (χ0) is 12.1. The number of anilines is 1. The number of nitrogens with one attached hydrogen (secondary N) is 2. The van der Waals surface area contributed by atoms with E-state index in [1.54, 1.807) is 0 Å². The van der Waals surface area contributed by atoms with E-state index in [-0.39, 0.29) is 0 Å². The Labute approximate surface area is 102 Å². The molecule has 0 aliphatic heterocycles. The fraction of sp³-hybridized carbons (Fsp3) is 0.286. The molecule has 2 aromatic rings. The monoisotopic (exact) mass is 229 g/mol. The highest BCUT2D eigenvalue weighted by atomic mass is 15.0. The molecular weight excluding hydrogens is 210 g/mol. The SMILES string of the molecule is CN(C)Cc1ccc(NCc2cc[nH]c2)cc1. The molecule has 0 amide bonds. The van der Waals surface area contributed by atoms with Crippen LogP contribution in [-0.4, -0.2) is 24.0 Å². The minimum Gasteiger partial charge on any atom is -0.381 e. The third-order valence-corrected chi connectivity index (χ3v) is 2.61. The molecule has 0 radical (unpaired) electrons. The number of hydrogen-bond acceptors (Lipinski definition) is 2. The summed E-state index contributed by atoms with van der Waals surface area (Å²) in [5.74, 6) is 0. The largest absolute Gasteiger partial charge is 0.381 e. The lowest BCUT2D eigenvalue weighted by Gasteiger charge is -2.10. The summed E-state index contributed by atoms with van der Waals surface area (Å²) in [5.41, 5.74) is 3.76. The highest BCUT2D eigenvalue weighted by Crippen LogP contribution is 2.11. The van der Waals surface area contributed by atoms with E-state index in [9.17, 15) is 0 Å². The van der Waals surface area contributed by atoms with Gasteiger partial charge >= 0.3 is 0 Å². The number of rotatable bonds is 5. The van der Waals surface area contributed by atoms with Crippen LogP contribution in [0.15, 0.2) is 42.7 Å². The molecule has 1 aromatic heterocycles. The molecule has 90 valence electrons. The zero-order valence-corrected chi connectivity index (χ0v) is 10.4. The molecule has 0 atom stereocenters. The Hall–Kier alpha value is -1.74. The van der Waals surface area contributed by atoms with Crippen LogP contribution in [0.25, 0.3) is 0 Å². The van der Waals surface area contributed by atoms with Gasteiger partial charge in [0, 0.05) is 31.2 Å². The summed E-state index contributed by atoms with van der Waals surface area (Å²) >= 11 is 0. The van der Waals surface area contributed by atoms with Gasteiger partial charge in [-0.15, -0.1) is 0 Å². The molecule has 0 bridgehead atoms. The summed E-state index contributed by atoms with van der Waals surface area (Å²) in [7, 11) is 4.16. The zero-order valence-electron chi connectivity index (χ0n) is 10.4. The van der Waals surface area contributed by atoms with E-state index in [0.717, 1.165) is 18.8 Å². The molecule has 0 saturated carbocycles. The van der Waals surface area contributed by atoms with Crippen LogP contribution in [-0.2, 0) is 13.1 Å². The number of nitrogens with zero attached hydrogens (tertiary/aromatic N) is 1. The molecule has 2 N–H and O–H groups in total. The van der Waals surface area contributed by atoms with Crippen LogP contribution < -0.4 is 5.32 Å². The molecule has 3 heteroatoms. The summed E-state index contributed by atoms with van der Waals surface area (Å²) in [6.45, 7) is 1.84. The van der Waals surface area contributed by atoms with Gasteiger partial charge in [-0.2, -0.15) is 0 Å². The Morgan fingerprint density at radius 3 is 2.41 bits per heavy atom. The number of aromatic nitrogens is 1. The van der Waals surface area contributed by atoms with Crippen LogP contribution in [0.1, 0.15) is 11.1 Å². The Balaban J connectivity index is 1.89. The molecule has 0 saturated heterocycles. The maximum absolute atomic E-state index is 3.39. The van der Waals surface area contributed by atoms with Gasteiger partial charge in [0.15, 0.2) is 0 Å². The fourth-order valence-electron chi connectivity index (χ4n) is 1.77. The van der Waals surface area contributed by atoms with Crippen LogP contribution in [0, 0.1) is 0 Å². The summed E-state index contributed by atoms with van der Waals surface area (Å²) in [5, 5.41) is 3.39. The minimum absolute atomic E-state index is 0.858. The van der Waals surface area contributed by atoms with E-state index in [1.807, 2.05) is 12.4 Å². The van der Waals surface area contributed by atoms with Gasteiger partial charge in [0.05, 0.1) is 0 Å². The van der Waals surface area contributed by atoms with Crippen molar-refractivity contribution in [2.45, 2.75) is 13.1 Å². The summed E-state index contributed by atoms with van der Waals surface area (Å²) < 4.78 is 0. The number of hydrogen-bond donors (Lipinski definition) is 2. The van der Waals surface area contributed by atoms with Crippen molar-refractivity contribution in [3.63, 3.8) is 0 Å². The summed E-state index contributed by atoms with van der Waals surface area (Å²) in [6.07, 6.45) is 3.95. The summed E-state index contributed by atoms with van der Waals surface area (Å²) in [6, 6.07) is 10.7. The average molecular weight is 229 g/mol. The Bertz CT molecular complexity index is 429. The first-order valence-electron chi connectivity index (χ1n) is 5.83. The predicted molar refractivity (Wildman–Crippen MR) is 72.0 cm³/mol. The number of H-pyrrole nitrogens is 1. The molecule has 3 nitrogen and oxygen atoms in total. The smallest absolute Gasteiger partial charge is 0.0415 e. The van der Waals surface area contributed by atoms with Crippen molar-refractivity contribution in [1.82, 2.24) is 9.88 Å². The minimum atomic E-state index is 0.858. The molecule has 1 heterocycles. The van der Waals surface area contributed by atoms with E-state index in [4.69, 9.17) is 0 Å². The van der Waals surface area contributed by atoms with E-state index >= 15 is 0 Å². The second-order valence-electron chi connectivity index (χ2n) is 4.51. The highest BCUT2D eigenvalue weighted by molar-refractivity contribution is 5.45. The molecule has 1 aromatic carbocycles. The molecule has 17 heavy (non-hydrogen) atoms. The maximum Gasteiger partial charge on any atom is 0.0415 e. The van der Waals surface area contributed by atoms with Gasteiger partial charge in [-0.25, -0.2) is 0 Å². The maximum atomic E-state index is 3.39. The number of benzene rings is 1. The molecule has 0 unspecified atom stereocenters. The van der Waals surface area contributed by atoms with Gasteiger partial charge < -0.3 is 15.2 Å². The first-order chi connectivity index (χ1) is 8.24. The quantitative estimate of drug-likeness (QED) is 0.826. The lowest BCUT2D eigenvalue weighted by Crippen LogP contribution is -2.10. The molecule has 0 aliphatic carbocycles. The Morgan fingerprint density at radius 2 is 1.82 bits per heavy atom. The van der Waals surface area contributed by atoms with E-state index in [0.29, 0.717) is 0 Å². The predicted octanol–water partition coefficient (Wildman–Crippen LogP) is 2.69. The number of aromatic amines is 1. The van der Waals surface area contributed by atoms with Crippen molar-refractivity contribution in [2.24, 2.45) is 0 Å². The van der Waals surface area contributed by atoms with Crippen molar-refractivity contribution >= 4 is 5.69 Å². The first kappa shape index (κ1) is 11.7. The molecule has 0 aliphatic rings. The highest BCUT2D eigenvalue weighted by Gasteiger charge is 1.97. The van der Waals surface area contributed by atoms with Gasteiger partial charge in [0.1, 0.15) is 0 Å². The standard InChI is InChI=1S/C14H19N3/c1-17(2)11-12-3-5-14(6-4-12)16-10-13-7-8-15-9-13/h3-9,15-16H,10-11H2,1-2H3. The van der Waals surface area contributed by atoms with Gasteiger partial charge in [0.25, 0.3) is 0 Å². The second kappa shape index (κ2) is 5.55. The molecule has 0 fully saturated rings. The van der Waals surface area contributed by atoms with Gasteiger partial charge in [0.2, 0.25) is 0 Å². The third-order valence-electron chi connectivity index (χ3n) is 2.61. The Morgan fingerprint density at radius 1 is 1.06 bits per heavy atom. The average Bonchev–Trinajstić information content (AvgIpc) is 2.80. The van der Waals surface area contributed by atoms with Crippen LogP contribution in [0.4, 0.5) is 5.69 Å². The van der Waals surface area contributed by atoms with Gasteiger partial charge in [-0.3, -0.25) is 0 Å². The van der Waals surface area contributed by atoms with Crippen molar-refractivity contribution in [1.29, 1.82) is 0 Å². The van der Waals surface area contributed by atoms with Crippen LogP contribution in [0.2, 0.25) is 0 Å². The fourth-order valence-corrected chi connectivity index (χ4v) is 1.77. The van der Waals surface area contributed by atoms with Gasteiger partial charge in [-0.05, 0) is 43.4 Å². The van der Waals surface area contributed by atoms with Crippen LogP contribution in [0.5, 0.6) is 0 Å². The lowest BCUT2D eigenvalue weighted by atomic mass is 10.2. The molecule has 2 rings (SSSR count). The second-order valence-corrected chi connectivity index (χ2v) is 4.51. The van der Waals surface area contributed by atoms with E-state index < -0.39 is 0 Å². The normalized spacial score (nSPS) is 10.8. The van der Waals surface area contributed by atoms with Gasteiger partial charge in [-0.1, -0.05) is 12.1 Å². The summed E-state index contributed by atoms with van der Waals surface area (Å²) in [4.78, 5) is 5.22. The molecule has 0 spiro atoms. The van der Waals surface area contributed by atoms with E-state index in [1.165, 1.54) is 11.1 Å². The van der Waals surface area contributed by atoms with Crippen molar-refractivity contribution in [3.05, 3.63) is 53.9 Å². The lowest BCUT2D eigenvalue weighted by molar-refractivity contribution is 0.402. The van der Waals surface area contributed by atoms with Crippen LogP contribution >= 0.6 is 0 Å². The van der Waals surface area contributed by atoms with E-state index in [2.05, 4.69) is 59.6 Å².